The van der Waals surface area contributed by atoms with Gasteiger partial charge in [0.15, 0.2) is 12.4 Å². The van der Waals surface area contributed by atoms with Crippen LogP contribution >= 0.6 is 73.9 Å². The largest absolute Gasteiger partial charge is 0.481 e. The highest BCUT2D eigenvalue weighted by Gasteiger charge is 2.21. The van der Waals surface area contributed by atoms with Crippen LogP contribution in [0, 0.1) is 10.1 Å². The van der Waals surface area contributed by atoms with E-state index in [0.29, 0.717) is 10.2 Å². The standard InChI is InChI=1S/C14H6BrCl5N2O4/c15-6-3-5(22(24)25)1-2-7(6)21-8(23)4-26-14-12(19)10(17)9(16)11(18)13(14)20/h1-3H,4H2,(H,21,23). The van der Waals surface area contributed by atoms with Crippen LogP contribution in [0.25, 0.3) is 0 Å². The number of carbonyl (C=O) groups excluding carboxylic acids is 1. The summed E-state index contributed by atoms with van der Waals surface area (Å²) in [6.07, 6.45) is 0. The molecule has 0 unspecified atom stereocenters. The Morgan fingerprint density at radius 3 is 2.12 bits per heavy atom. The van der Waals surface area contributed by atoms with Crippen molar-refractivity contribution in [3.63, 3.8) is 0 Å². The average molecular weight is 523 g/mol. The molecule has 26 heavy (non-hydrogen) atoms. The van der Waals surface area contributed by atoms with Gasteiger partial charge >= 0.3 is 0 Å². The minimum atomic E-state index is -0.575. The number of non-ortho nitro benzene ring substituents is 1. The van der Waals surface area contributed by atoms with Gasteiger partial charge in [0.25, 0.3) is 11.6 Å². The van der Waals surface area contributed by atoms with Gasteiger partial charge in [0.05, 0.1) is 25.7 Å². The molecule has 0 aliphatic carbocycles. The van der Waals surface area contributed by atoms with Gasteiger partial charge in [0.2, 0.25) is 0 Å². The van der Waals surface area contributed by atoms with E-state index < -0.39 is 17.4 Å². The summed E-state index contributed by atoms with van der Waals surface area (Å²) in [7, 11) is 0. The number of nitro benzene ring substituents is 1. The number of nitro groups is 1. The monoisotopic (exact) mass is 520 g/mol. The van der Waals surface area contributed by atoms with Gasteiger partial charge in [-0.3, -0.25) is 14.9 Å². The molecule has 1 amide bonds. The van der Waals surface area contributed by atoms with Crippen molar-refractivity contribution in [3.05, 3.63) is 57.9 Å². The van der Waals surface area contributed by atoms with Crippen LogP contribution in [-0.2, 0) is 4.79 Å². The Morgan fingerprint density at radius 2 is 1.62 bits per heavy atom. The molecular weight excluding hydrogens is 517 g/mol. The fourth-order valence-electron chi connectivity index (χ4n) is 1.75. The maximum Gasteiger partial charge on any atom is 0.270 e. The molecular formula is C14H6BrCl5N2O4. The number of hydrogen-bond acceptors (Lipinski definition) is 4. The van der Waals surface area contributed by atoms with Gasteiger partial charge < -0.3 is 10.1 Å². The van der Waals surface area contributed by atoms with E-state index in [-0.39, 0.29) is 36.6 Å². The summed E-state index contributed by atoms with van der Waals surface area (Å²) in [5.41, 5.74) is 0.184. The molecule has 0 saturated heterocycles. The molecule has 0 atom stereocenters. The number of anilines is 1. The number of benzene rings is 2. The smallest absolute Gasteiger partial charge is 0.270 e. The van der Waals surface area contributed by atoms with Crippen LogP contribution in [0.15, 0.2) is 22.7 Å². The van der Waals surface area contributed by atoms with E-state index in [1.807, 2.05) is 0 Å². The highest BCUT2D eigenvalue weighted by Crippen LogP contribution is 2.48. The van der Waals surface area contributed by atoms with Crippen LogP contribution in [0.2, 0.25) is 25.1 Å². The van der Waals surface area contributed by atoms with Gasteiger partial charge in [-0.2, -0.15) is 0 Å². The molecule has 12 heteroatoms. The first-order valence-electron chi connectivity index (χ1n) is 6.51. The first-order chi connectivity index (χ1) is 12.1. The Bertz CT molecular complexity index is 880. The highest BCUT2D eigenvalue weighted by atomic mass is 79.9. The molecule has 0 heterocycles. The van der Waals surface area contributed by atoms with Crippen molar-refractivity contribution in [2.24, 2.45) is 0 Å². The minimum Gasteiger partial charge on any atom is -0.481 e. The zero-order valence-corrected chi connectivity index (χ0v) is 17.7. The zero-order chi connectivity index (χ0) is 19.6. The summed E-state index contributed by atoms with van der Waals surface area (Å²) in [6, 6.07) is 3.87. The normalized spacial score (nSPS) is 10.5. The average Bonchev–Trinajstić information content (AvgIpc) is 2.59. The van der Waals surface area contributed by atoms with E-state index in [1.165, 1.54) is 18.2 Å². The lowest BCUT2D eigenvalue weighted by Gasteiger charge is -2.14. The number of nitrogens with one attached hydrogen (secondary N) is 1. The van der Waals surface area contributed by atoms with Gasteiger partial charge in [-0.15, -0.1) is 0 Å². The van der Waals surface area contributed by atoms with Gasteiger partial charge in [-0.25, -0.2) is 0 Å². The lowest BCUT2D eigenvalue weighted by molar-refractivity contribution is -0.384. The molecule has 0 spiro atoms. The second-order valence-corrected chi connectivity index (χ2v) is 7.40. The van der Waals surface area contributed by atoms with Crippen molar-refractivity contribution in [3.8, 4) is 5.75 Å². The highest BCUT2D eigenvalue weighted by molar-refractivity contribution is 9.10. The van der Waals surface area contributed by atoms with Gasteiger partial charge in [-0.05, 0) is 22.0 Å². The first-order valence-corrected chi connectivity index (χ1v) is 9.19. The third-order valence-corrected chi connectivity index (χ3v) is 5.85. The third kappa shape index (κ3) is 4.65. The van der Waals surface area contributed by atoms with E-state index in [9.17, 15) is 14.9 Å². The molecule has 138 valence electrons. The molecule has 2 aromatic rings. The number of ether oxygens (including phenoxy) is 1. The Hall–Kier alpha value is -0.960. The second kappa shape index (κ2) is 8.82. The first kappa shape index (κ1) is 21.3. The van der Waals surface area contributed by atoms with Crippen LogP contribution in [0.1, 0.15) is 0 Å². The maximum atomic E-state index is 12.0. The Kier molecular flexibility index (Phi) is 7.24. The van der Waals surface area contributed by atoms with Crippen LogP contribution in [0.3, 0.4) is 0 Å². The number of halogens is 6. The molecule has 0 aliphatic rings. The summed E-state index contributed by atoms with van der Waals surface area (Å²) in [5.74, 6) is -0.667. The predicted octanol–water partition coefficient (Wildman–Crippen LogP) is 6.64. The van der Waals surface area contributed by atoms with E-state index in [0.717, 1.165) is 0 Å². The Labute approximate surface area is 180 Å². The summed E-state index contributed by atoms with van der Waals surface area (Å²) in [6.45, 7) is -0.475. The summed E-state index contributed by atoms with van der Waals surface area (Å²) < 4.78 is 5.62. The Balaban J connectivity index is 2.12. The van der Waals surface area contributed by atoms with Crippen molar-refractivity contribution in [2.75, 3.05) is 11.9 Å². The minimum absolute atomic E-state index is 0.0325. The van der Waals surface area contributed by atoms with Crippen molar-refractivity contribution >= 4 is 91.2 Å². The molecule has 0 saturated carbocycles. The fraction of sp³-hybridized carbons (Fsp3) is 0.0714. The Morgan fingerprint density at radius 1 is 1.08 bits per heavy atom. The van der Waals surface area contributed by atoms with E-state index >= 15 is 0 Å². The van der Waals surface area contributed by atoms with Gasteiger partial charge in [0, 0.05) is 16.6 Å². The van der Waals surface area contributed by atoms with Crippen molar-refractivity contribution in [2.45, 2.75) is 0 Å². The quantitative estimate of drug-likeness (QED) is 0.206. The lowest BCUT2D eigenvalue weighted by Crippen LogP contribution is -2.20. The summed E-state index contributed by atoms with van der Waals surface area (Å²) >= 11 is 32.8. The van der Waals surface area contributed by atoms with Crippen LogP contribution in [-0.4, -0.2) is 17.4 Å². The van der Waals surface area contributed by atoms with Crippen LogP contribution < -0.4 is 10.1 Å². The molecule has 0 aromatic heterocycles. The molecule has 2 aromatic carbocycles. The van der Waals surface area contributed by atoms with E-state index in [4.69, 9.17) is 62.7 Å². The SMILES string of the molecule is O=C(COc1c(Cl)c(Cl)c(Cl)c(Cl)c1Cl)Nc1ccc([N+](=O)[O-])cc1Br. The summed E-state index contributed by atoms with van der Waals surface area (Å²) in [5, 5.41) is 12.9. The van der Waals surface area contributed by atoms with Gasteiger partial charge in [-0.1, -0.05) is 58.0 Å². The van der Waals surface area contributed by atoms with E-state index in [1.54, 1.807) is 0 Å². The number of nitrogens with zero attached hydrogens (tertiary/aromatic N) is 1. The summed E-state index contributed by atoms with van der Waals surface area (Å²) in [4.78, 5) is 22.2. The lowest BCUT2D eigenvalue weighted by atomic mass is 10.3. The molecule has 2 rings (SSSR count). The molecule has 1 N–H and O–H groups in total. The molecule has 6 nitrogen and oxygen atoms in total. The topological polar surface area (TPSA) is 81.5 Å². The fourth-order valence-corrected chi connectivity index (χ4v) is 3.45. The number of amides is 1. The third-order valence-electron chi connectivity index (χ3n) is 2.95. The van der Waals surface area contributed by atoms with Crippen molar-refractivity contribution < 1.29 is 14.5 Å². The maximum absolute atomic E-state index is 12.0. The van der Waals surface area contributed by atoms with Gasteiger partial charge in [0.1, 0.15) is 10.0 Å². The van der Waals surface area contributed by atoms with Crippen molar-refractivity contribution in [1.82, 2.24) is 0 Å². The molecule has 0 fully saturated rings. The van der Waals surface area contributed by atoms with Crippen LogP contribution in [0.4, 0.5) is 11.4 Å². The van der Waals surface area contributed by atoms with E-state index in [2.05, 4.69) is 21.2 Å². The molecule has 0 aliphatic heterocycles. The number of rotatable bonds is 5. The molecule has 0 radical (unpaired) electrons. The second-order valence-electron chi connectivity index (χ2n) is 4.66. The zero-order valence-electron chi connectivity index (χ0n) is 12.3. The number of carbonyl (C=O) groups is 1. The van der Waals surface area contributed by atoms with Crippen LogP contribution in [0.5, 0.6) is 5.75 Å². The molecule has 0 bridgehead atoms. The van der Waals surface area contributed by atoms with Crippen molar-refractivity contribution in [1.29, 1.82) is 0 Å². The number of hydrogen-bond donors (Lipinski definition) is 1. The predicted molar refractivity (Wildman–Crippen MR) is 106 cm³/mol.